The minimum absolute atomic E-state index is 0.124. The Hall–Kier alpha value is -2.35. The van der Waals surface area contributed by atoms with E-state index in [-0.39, 0.29) is 42.0 Å². The van der Waals surface area contributed by atoms with Crippen molar-refractivity contribution in [2.24, 2.45) is 0 Å². The highest BCUT2D eigenvalue weighted by molar-refractivity contribution is 5.73. The van der Waals surface area contributed by atoms with E-state index < -0.39 is 35.9 Å². The number of esters is 1. The van der Waals surface area contributed by atoms with Gasteiger partial charge in [0.05, 0.1) is 30.5 Å². The molecule has 0 saturated heterocycles. The lowest BCUT2D eigenvalue weighted by atomic mass is 10.0. The molecule has 1 heterocycles. The predicted molar refractivity (Wildman–Crippen MR) is 115 cm³/mol. The molecule has 0 radical (unpaired) electrons. The number of carbonyl (C=O) groups excluding carboxylic acids is 1. The van der Waals surface area contributed by atoms with Crippen LogP contribution in [0.15, 0.2) is 40.7 Å². The third-order valence-electron chi connectivity index (χ3n) is 5.63. The molecule has 178 valence electrons. The van der Waals surface area contributed by atoms with Crippen molar-refractivity contribution in [3.05, 3.63) is 52.1 Å². The van der Waals surface area contributed by atoms with Crippen LogP contribution in [0.5, 0.6) is 0 Å². The average molecular weight is 458 g/mol. The van der Waals surface area contributed by atoms with Crippen LogP contribution in [0.4, 0.5) is 23.2 Å². The number of carbonyl (C=O) groups is 1. The Balaban J connectivity index is 2.91. The molecule has 1 aromatic rings. The smallest absolute Gasteiger partial charge is 0.431 e. The zero-order chi connectivity index (χ0) is 24.2. The Morgan fingerprint density at radius 2 is 1.81 bits per heavy atom. The first-order chi connectivity index (χ1) is 15.0. The van der Waals surface area contributed by atoms with Crippen molar-refractivity contribution in [1.29, 1.82) is 0 Å². The highest BCUT2D eigenvalue weighted by atomic mass is 19.4. The fourth-order valence-corrected chi connectivity index (χ4v) is 3.84. The van der Waals surface area contributed by atoms with Crippen molar-refractivity contribution < 1.29 is 31.8 Å². The van der Waals surface area contributed by atoms with Gasteiger partial charge in [0.1, 0.15) is 17.6 Å². The third-order valence-corrected chi connectivity index (χ3v) is 5.63. The number of fused-ring (bicyclic) bond motifs is 1. The van der Waals surface area contributed by atoms with Gasteiger partial charge in [0, 0.05) is 5.56 Å². The van der Waals surface area contributed by atoms with E-state index in [2.05, 4.69) is 0 Å². The molecule has 0 bridgehead atoms. The summed E-state index contributed by atoms with van der Waals surface area (Å²) in [6.07, 6.45) is -6.08. The van der Waals surface area contributed by atoms with Crippen LogP contribution < -0.4 is 4.90 Å². The number of anilines is 1. The summed E-state index contributed by atoms with van der Waals surface area (Å²) in [5.74, 6) is -1.15. The minimum atomic E-state index is -4.69. The summed E-state index contributed by atoms with van der Waals surface area (Å²) in [4.78, 5) is 13.5. The molecule has 0 saturated carbocycles. The molecule has 4 nitrogen and oxygen atoms in total. The van der Waals surface area contributed by atoms with Gasteiger partial charge < -0.3 is 14.4 Å². The number of benzene rings is 1. The van der Waals surface area contributed by atoms with E-state index in [4.69, 9.17) is 9.47 Å². The summed E-state index contributed by atoms with van der Waals surface area (Å²) < 4.78 is 68.7. The van der Waals surface area contributed by atoms with Crippen LogP contribution in [-0.4, -0.2) is 24.9 Å². The predicted octanol–water partition coefficient (Wildman–Crippen LogP) is 6.98. The van der Waals surface area contributed by atoms with Gasteiger partial charge in [-0.1, -0.05) is 19.4 Å². The Bertz CT molecular complexity index is 905. The van der Waals surface area contributed by atoms with E-state index in [0.717, 1.165) is 11.0 Å². The van der Waals surface area contributed by atoms with Crippen molar-refractivity contribution >= 4 is 11.7 Å². The Labute approximate surface area is 186 Å². The molecule has 0 N–H and O–H groups in total. The standard InChI is InChI=1S/C24H31F4NO3/c1-7-14(4)22-20(13-21(30)31-9-3)32-16(6)18-12-17(25)10-11-19(18)29(22)23(15(5)8-2)24(26,27)28/h10-12,16,20H,7-9,13H2,1-6H3/b22-14?,23-15+/t16?,20-/m0/s1. The maximum absolute atomic E-state index is 14.5. The van der Waals surface area contributed by atoms with Crippen LogP contribution in [0.25, 0.3) is 0 Å². The van der Waals surface area contributed by atoms with E-state index in [0.29, 0.717) is 12.0 Å². The molecule has 0 aliphatic carbocycles. The number of allylic oxidation sites excluding steroid dienone is 3. The van der Waals surface area contributed by atoms with Gasteiger partial charge >= 0.3 is 12.1 Å². The van der Waals surface area contributed by atoms with Crippen molar-refractivity contribution in [1.82, 2.24) is 0 Å². The molecule has 1 aliphatic rings. The van der Waals surface area contributed by atoms with Crippen LogP contribution in [0, 0.1) is 5.82 Å². The molecular weight excluding hydrogens is 426 g/mol. The molecule has 8 heteroatoms. The summed E-state index contributed by atoms with van der Waals surface area (Å²) in [5, 5.41) is 0. The van der Waals surface area contributed by atoms with Crippen molar-refractivity contribution in [3.8, 4) is 0 Å². The zero-order valence-electron chi connectivity index (χ0n) is 19.4. The number of ether oxygens (including phenoxy) is 2. The summed E-state index contributed by atoms with van der Waals surface area (Å²) in [6.45, 7) is 10.1. The van der Waals surface area contributed by atoms with Crippen LogP contribution in [-0.2, 0) is 14.3 Å². The molecule has 1 aliphatic heterocycles. The first kappa shape index (κ1) is 25.9. The third kappa shape index (κ3) is 5.52. The molecule has 2 rings (SSSR count). The number of alkyl halides is 3. The van der Waals surface area contributed by atoms with Crippen molar-refractivity contribution in [2.75, 3.05) is 11.5 Å². The highest BCUT2D eigenvalue weighted by Gasteiger charge is 2.45. The Kier molecular flexibility index (Phi) is 8.51. The molecule has 2 atom stereocenters. The van der Waals surface area contributed by atoms with E-state index in [1.165, 1.54) is 19.1 Å². The van der Waals surface area contributed by atoms with Crippen molar-refractivity contribution in [3.63, 3.8) is 0 Å². The van der Waals surface area contributed by atoms with Crippen LogP contribution in [0.2, 0.25) is 0 Å². The van der Waals surface area contributed by atoms with Gasteiger partial charge in [-0.2, -0.15) is 13.2 Å². The van der Waals surface area contributed by atoms with Gasteiger partial charge in [-0.15, -0.1) is 0 Å². The zero-order valence-corrected chi connectivity index (χ0v) is 19.4. The maximum atomic E-state index is 14.5. The quantitative estimate of drug-likeness (QED) is 0.341. The summed E-state index contributed by atoms with van der Waals surface area (Å²) in [5.41, 5.74) is 0.615. The number of halogens is 4. The van der Waals surface area contributed by atoms with Gasteiger partial charge in [0.25, 0.3) is 0 Å². The van der Waals surface area contributed by atoms with Crippen LogP contribution in [0.3, 0.4) is 0 Å². The van der Waals surface area contributed by atoms with E-state index >= 15 is 0 Å². The molecule has 0 spiro atoms. The topological polar surface area (TPSA) is 38.8 Å². The number of hydrogen-bond acceptors (Lipinski definition) is 4. The SMILES string of the molecule is CCOC(=O)C[C@@H]1OC(C)c2cc(F)ccc2N(/C(=C(\C)CC)C(F)(F)F)C1=C(C)CC. The summed E-state index contributed by atoms with van der Waals surface area (Å²) in [6, 6.07) is 3.67. The molecule has 1 unspecified atom stereocenters. The largest absolute Gasteiger partial charge is 0.466 e. The van der Waals surface area contributed by atoms with E-state index in [1.54, 1.807) is 27.7 Å². The Morgan fingerprint density at radius 1 is 1.16 bits per heavy atom. The van der Waals surface area contributed by atoms with Gasteiger partial charge in [-0.05, 0) is 64.3 Å². The minimum Gasteiger partial charge on any atom is -0.466 e. The number of nitrogens with zero attached hydrogens (tertiary/aromatic N) is 1. The fraction of sp³-hybridized carbons (Fsp3) is 0.542. The first-order valence-electron chi connectivity index (χ1n) is 10.8. The Morgan fingerprint density at radius 3 is 2.34 bits per heavy atom. The summed E-state index contributed by atoms with van der Waals surface area (Å²) >= 11 is 0. The lowest BCUT2D eigenvalue weighted by molar-refractivity contribution is -0.146. The second kappa shape index (κ2) is 10.5. The monoisotopic (exact) mass is 457 g/mol. The molecule has 32 heavy (non-hydrogen) atoms. The van der Waals surface area contributed by atoms with Gasteiger partial charge in [-0.25, -0.2) is 4.39 Å². The van der Waals surface area contributed by atoms with Crippen molar-refractivity contribution in [2.45, 2.75) is 79.2 Å². The molecule has 0 fully saturated rings. The first-order valence-corrected chi connectivity index (χ1v) is 10.8. The molecule has 1 aromatic carbocycles. The van der Waals surface area contributed by atoms with E-state index in [9.17, 15) is 22.4 Å². The lowest BCUT2D eigenvalue weighted by Gasteiger charge is -2.35. The lowest BCUT2D eigenvalue weighted by Crippen LogP contribution is -2.38. The highest BCUT2D eigenvalue weighted by Crippen LogP contribution is 2.46. The summed E-state index contributed by atoms with van der Waals surface area (Å²) in [7, 11) is 0. The normalized spacial score (nSPS) is 21.5. The van der Waals surface area contributed by atoms with Gasteiger partial charge in [0.15, 0.2) is 0 Å². The van der Waals surface area contributed by atoms with Gasteiger partial charge in [-0.3, -0.25) is 4.79 Å². The molecule has 0 aromatic heterocycles. The van der Waals surface area contributed by atoms with E-state index in [1.807, 2.05) is 6.92 Å². The molecular formula is C24H31F4NO3. The second-order valence-electron chi connectivity index (χ2n) is 7.81. The average Bonchev–Trinajstić information content (AvgIpc) is 2.81. The van der Waals surface area contributed by atoms with Crippen LogP contribution >= 0.6 is 0 Å². The number of hydrogen-bond donors (Lipinski definition) is 0. The fourth-order valence-electron chi connectivity index (χ4n) is 3.84. The second-order valence-corrected chi connectivity index (χ2v) is 7.81. The van der Waals surface area contributed by atoms with Gasteiger partial charge in [0.2, 0.25) is 0 Å². The maximum Gasteiger partial charge on any atom is 0.431 e. The van der Waals surface area contributed by atoms with Crippen LogP contribution in [0.1, 0.15) is 72.5 Å². The number of rotatable bonds is 6. The molecule has 0 amide bonds.